The third-order valence-electron chi connectivity index (χ3n) is 4.65. The predicted octanol–water partition coefficient (Wildman–Crippen LogP) is 2.42. The molecule has 21 heavy (non-hydrogen) atoms. The minimum atomic E-state index is 0.346. The van der Waals surface area contributed by atoms with E-state index < -0.39 is 0 Å². The molecule has 3 atom stereocenters. The summed E-state index contributed by atoms with van der Waals surface area (Å²) in [5.41, 5.74) is 0. The Hall–Kier alpha value is -0.160. The molecule has 0 aromatic heterocycles. The third kappa shape index (κ3) is 5.85. The summed E-state index contributed by atoms with van der Waals surface area (Å²) in [5.74, 6) is 0. The van der Waals surface area contributed by atoms with Crippen molar-refractivity contribution in [3.05, 3.63) is 0 Å². The number of hydrogen-bond acceptors (Lipinski definition) is 4. The van der Waals surface area contributed by atoms with Crippen LogP contribution in [-0.2, 0) is 9.47 Å². The standard InChI is InChI=1S/C17H34N2O2/c1-3-9-18-16(8-7-15-6-5-12-20-15)17-14-19(10-4-2)11-13-21-17/h15-18H,3-14H2,1-2H3. The van der Waals surface area contributed by atoms with Gasteiger partial charge in [0.05, 0.1) is 18.8 Å². The van der Waals surface area contributed by atoms with Crippen LogP contribution in [0.5, 0.6) is 0 Å². The summed E-state index contributed by atoms with van der Waals surface area (Å²) in [6.45, 7) is 10.8. The van der Waals surface area contributed by atoms with Crippen molar-refractivity contribution < 1.29 is 9.47 Å². The lowest BCUT2D eigenvalue weighted by Crippen LogP contribution is -2.52. The second-order valence-corrected chi connectivity index (χ2v) is 6.48. The summed E-state index contributed by atoms with van der Waals surface area (Å²) in [4.78, 5) is 2.56. The first-order valence-electron chi connectivity index (χ1n) is 9.02. The first-order valence-corrected chi connectivity index (χ1v) is 9.02. The van der Waals surface area contributed by atoms with Crippen molar-refractivity contribution in [1.29, 1.82) is 0 Å². The molecule has 0 radical (unpaired) electrons. The number of hydrogen-bond donors (Lipinski definition) is 1. The first-order chi connectivity index (χ1) is 10.3. The van der Waals surface area contributed by atoms with Gasteiger partial charge in [-0.2, -0.15) is 0 Å². The highest BCUT2D eigenvalue weighted by Crippen LogP contribution is 2.20. The number of rotatable bonds is 9. The van der Waals surface area contributed by atoms with Crippen LogP contribution in [0.25, 0.3) is 0 Å². The van der Waals surface area contributed by atoms with E-state index >= 15 is 0 Å². The van der Waals surface area contributed by atoms with E-state index in [1.807, 2.05) is 0 Å². The van der Waals surface area contributed by atoms with Crippen molar-refractivity contribution in [2.75, 3.05) is 39.4 Å². The summed E-state index contributed by atoms with van der Waals surface area (Å²) >= 11 is 0. The molecule has 2 fully saturated rings. The van der Waals surface area contributed by atoms with E-state index in [9.17, 15) is 0 Å². The number of ether oxygens (including phenoxy) is 2. The molecule has 2 saturated heterocycles. The number of morpholine rings is 1. The Morgan fingerprint density at radius 2 is 2.10 bits per heavy atom. The number of nitrogens with zero attached hydrogens (tertiary/aromatic N) is 1. The predicted molar refractivity (Wildman–Crippen MR) is 86.8 cm³/mol. The van der Waals surface area contributed by atoms with E-state index in [1.54, 1.807) is 0 Å². The van der Waals surface area contributed by atoms with Gasteiger partial charge in [0.15, 0.2) is 0 Å². The molecule has 4 heteroatoms. The molecule has 0 aromatic rings. The maximum absolute atomic E-state index is 6.08. The molecule has 2 aliphatic heterocycles. The van der Waals surface area contributed by atoms with E-state index in [-0.39, 0.29) is 0 Å². The van der Waals surface area contributed by atoms with Gasteiger partial charge >= 0.3 is 0 Å². The van der Waals surface area contributed by atoms with Crippen LogP contribution in [0.15, 0.2) is 0 Å². The van der Waals surface area contributed by atoms with Gasteiger partial charge in [0.1, 0.15) is 0 Å². The van der Waals surface area contributed by atoms with Gasteiger partial charge in [0.25, 0.3) is 0 Å². The van der Waals surface area contributed by atoms with E-state index in [2.05, 4.69) is 24.1 Å². The zero-order valence-corrected chi connectivity index (χ0v) is 14.0. The van der Waals surface area contributed by atoms with Crippen molar-refractivity contribution >= 4 is 0 Å². The quantitative estimate of drug-likeness (QED) is 0.709. The summed E-state index contributed by atoms with van der Waals surface area (Å²) in [5, 5.41) is 3.72. The van der Waals surface area contributed by atoms with Crippen LogP contribution in [-0.4, -0.2) is 62.5 Å². The monoisotopic (exact) mass is 298 g/mol. The van der Waals surface area contributed by atoms with Crippen LogP contribution in [0.2, 0.25) is 0 Å². The van der Waals surface area contributed by atoms with Gasteiger partial charge in [-0.25, -0.2) is 0 Å². The molecule has 0 saturated carbocycles. The molecular weight excluding hydrogens is 264 g/mol. The molecule has 0 bridgehead atoms. The molecule has 0 amide bonds. The molecule has 2 rings (SSSR count). The fraction of sp³-hybridized carbons (Fsp3) is 1.00. The summed E-state index contributed by atoms with van der Waals surface area (Å²) in [6, 6.07) is 0.480. The van der Waals surface area contributed by atoms with E-state index in [0.29, 0.717) is 18.2 Å². The van der Waals surface area contributed by atoms with Gasteiger partial charge in [-0.05, 0) is 51.6 Å². The van der Waals surface area contributed by atoms with Crippen LogP contribution in [0.1, 0.15) is 52.4 Å². The first kappa shape index (κ1) is 17.2. The molecule has 4 nitrogen and oxygen atoms in total. The lowest BCUT2D eigenvalue weighted by atomic mass is 10.00. The van der Waals surface area contributed by atoms with Crippen LogP contribution in [0.4, 0.5) is 0 Å². The van der Waals surface area contributed by atoms with Crippen LogP contribution in [0.3, 0.4) is 0 Å². The molecule has 3 unspecified atom stereocenters. The minimum Gasteiger partial charge on any atom is -0.378 e. The van der Waals surface area contributed by atoms with Gasteiger partial charge in [-0.3, -0.25) is 4.90 Å². The second-order valence-electron chi connectivity index (χ2n) is 6.48. The summed E-state index contributed by atoms with van der Waals surface area (Å²) in [6.07, 6.45) is 8.09. The Morgan fingerprint density at radius 3 is 2.81 bits per heavy atom. The average molecular weight is 298 g/mol. The normalized spacial score (nSPS) is 28.9. The van der Waals surface area contributed by atoms with Crippen LogP contribution in [0, 0.1) is 0 Å². The summed E-state index contributed by atoms with van der Waals surface area (Å²) in [7, 11) is 0. The zero-order valence-electron chi connectivity index (χ0n) is 14.0. The highest BCUT2D eigenvalue weighted by molar-refractivity contribution is 4.84. The van der Waals surface area contributed by atoms with Crippen molar-refractivity contribution in [3.8, 4) is 0 Å². The van der Waals surface area contributed by atoms with Gasteiger partial charge in [-0.15, -0.1) is 0 Å². The van der Waals surface area contributed by atoms with Crippen molar-refractivity contribution in [3.63, 3.8) is 0 Å². The third-order valence-corrected chi connectivity index (χ3v) is 4.65. The molecule has 124 valence electrons. The number of nitrogens with one attached hydrogen (secondary N) is 1. The largest absolute Gasteiger partial charge is 0.378 e. The van der Waals surface area contributed by atoms with E-state index in [0.717, 1.165) is 32.8 Å². The lowest BCUT2D eigenvalue weighted by molar-refractivity contribution is -0.0495. The molecule has 0 aromatic carbocycles. The lowest BCUT2D eigenvalue weighted by Gasteiger charge is -2.37. The van der Waals surface area contributed by atoms with Crippen LogP contribution < -0.4 is 5.32 Å². The molecule has 1 N–H and O–H groups in total. The zero-order chi connectivity index (χ0) is 14.9. The highest BCUT2D eigenvalue weighted by atomic mass is 16.5. The molecular formula is C17H34N2O2. The van der Waals surface area contributed by atoms with Gasteiger partial charge in [0, 0.05) is 25.7 Å². The fourth-order valence-electron chi connectivity index (χ4n) is 3.48. The Kier molecular flexibility index (Phi) is 8.01. The highest BCUT2D eigenvalue weighted by Gasteiger charge is 2.28. The SMILES string of the molecule is CCCNC(CCC1CCCO1)C1CN(CCC)CCO1. The molecule has 0 spiro atoms. The van der Waals surface area contributed by atoms with Crippen molar-refractivity contribution in [1.82, 2.24) is 10.2 Å². The topological polar surface area (TPSA) is 33.7 Å². The van der Waals surface area contributed by atoms with Gasteiger partial charge < -0.3 is 14.8 Å². The fourth-order valence-corrected chi connectivity index (χ4v) is 3.48. The molecule has 2 heterocycles. The molecule has 2 aliphatic rings. The maximum atomic E-state index is 6.08. The van der Waals surface area contributed by atoms with E-state index in [1.165, 1.54) is 45.1 Å². The Balaban J connectivity index is 1.81. The average Bonchev–Trinajstić information content (AvgIpc) is 3.01. The van der Waals surface area contributed by atoms with Crippen LogP contribution >= 0.6 is 0 Å². The van der Waals surface area contributed by atoms with E-state index in [4.69, 9.17) is 9.47 Å². The smallest absolute Gasteiger partial charge is 0.0855 e. The second kappa shape index (κ2) is 9.78. The van der Waals surface area contributed by atoms with Gasteiger partial charge in [-0.1, -0.05) is 13.8 Å². The Labute approximate surface area is 130 Å². The van der Waals surface area contributed by atoms with Crippen molar-refractivity contribution in [2.24, 2.45) is 0 Å². The van der Waals surface area contributed by atoms with Gasteiger partial charge in [0.2, 0.25) is 0 Å². The Morgan fingerprint density at radius 1 is 1.19 bits per heavy atom. The maximum Gasteiger partial charge on any atom is 0.0855 e. The Bertz CT molecular complexity index is 268. The minimum absolute atomic E-state index is 0.346. The van der Waals surface area contributed by atoms with Crippen molar-refractivity contribution in [2.45, 2.75) is 70.6 Å². The molecule has 0 aliphatic carbocycles. The summed E-state index contributed by atoms with van der Waals surface area (Å²) < 4.78 is 11.9.